The van der Waals surface area contributed by atoms with Gasteiger partial charge >= 0.3 is 5.97 Å². The van der Waals surface area contributed by atoms with Gasteiger partial charge in [-0.15, -0.1) is 0 Å². The van der Waals surface area contributed by atoms with Gasteiger partial charge in [-0.3, -0.25) is 0 Å². The fourth-order valence-electron chi connectivity index (χ4n) is 1.69. The summed E-state index contributed by atoms with van der Waals surface area (Å²) in [7, 11) is 3.61. The first kappa shape index (κ1) is 14.3. The standard InChI is InChI=1S/C14H14ClN3O2/c1-18(2)13-8-11(14(19)20)16-12(17-13)7-9-3-5-10(15)6-4-9/h3-6,8H,7H2,1-2H3,(H,19,20). The molecule has 0 amide bonds. The first-order chi connectivity index (χ1) is 9.45. The number of hydrogen-bond donors (Lipinski definition) is 1. The topological polar surface area (TPSA) is 66.3 Å². The molecule has 104 valence electrons. The van der Waals surface area contributed by atoms with Crippen LogP contribution in [-0.4, -0.2) is 35.1 Å². The van der Waals surface area contributed by atoms with Gasteiger partial charge in [0.25, 0.3) is 0 Å². The van der Waals surface area contributed by atoms with Crippen LogP contribution in [0.4, 0.5) is 5.82 Å². The predicted molar refractivity (Wildman–Crippen MR) is 77.6 cm³/mol. The third-order valence-electron chi connectivity index (χ3n) is 2.71. The molecule has 1 aromatic heterocycles. The van der Waals surface area contributed by atoms with E-state index in [9.17, 15) is 4.79 Å². The number of benzene rings is 1. The lowest BCUT2D eigenvalue weighted by atomic mass is 10.1. The molecule has 20 heavy (non-hydrogen) atoms. The molecule has 0 unspecified atom stereocenters. The third kappa shape index (κ3) is 3.45. The molecule has 1 heterocycles. The number of rotatable bonds is 4. The van der Waals surface area contributed by atoms with Crippen molar-refractivity contribution in [3.05, 3.63) is 52.4 Å². The SMILES string of the molecule is CN(C)c1cc(C(=O)O)nc(Cc2ccc(Cl)cc2)n1. The van der Waals surface area contributed by atoms with Crippen LogP contribution in [-0.2, 0) is 6.42 Å². The number of nitrogens with zero attached hydrogens (tertiary/aromatic N) is 3. The Morgan fingerprint density at radius 3 is 2.45 bits per heavy atom. The van der Waals surface area contributed by atoms with E-state index in [1.807, 2.05) is 12.1 Å². The molecule has 0 spiro atoms. The minimum absolute atomic E-state index is 0.00679. The minimum Gasteiger partial charge on any atom is -0.477 e. The zero-order chi connectivity index (χ0) is 14.7. The van der Waals surface area contributed by atoms with Crippen molar-refractivity contribution in [3.8, 4) is 0 Å². The molecule has 2 aromatic rings. The Bertz CT molecular complexity index is 627. The van der Waals surface area contributed by atoms with Gasteiger partial charge in [-0.25, -0.2) is 14.8 Å². The molecule has 0 aliphatic carbocycles. The van der Waals surface area contributed by atoms with Crippen molar-refractivity contribution in [3.63, 3.8) is 0 Å². The van der Waals surface area contributed by atoms with Crippen LogP contribution >= 0.6 is 11.6 Å². The van der Waals surface area contributed by atoms with Gasteiger partial charge in [-0.1, -0.05) is 23.7 Å². The van der Waals surface area contributed by atoms with Crippen LogP contribution in [0.1, 0.15) is 21.9 Å². The highest BCUT2D eigenvalue weighted by molar-refractivity contribution is 6.30. The molecule has 5 nitrogen and oxygen atoms in total. The number of carboxylic acid groups (broad SMARTS) is 1. The quantitative estimate of drug-likeness (QED) is 0.937. The van der Waals surface area contributed by atoms with Crippen molar-refractivity contribution >= 4 is 23.4 Å². The van der Waals surface area contributed by atoms with Crippen LogP contribution in [0.15, 0.2) is 30.3 Å². The Labute approximate surface area is 121 Å². The number of hydrogen-bond acceptors (Lipinski definition) is 4. The number of carbonyl (C=O) groups is 1. The van der Waals surface area contributed by atoms with Gasteiger partial charge < -0.3 is 10.0 Å². The number of aromatic nitrogens is 2. The molecular formula is C14H14ClN3O2. The van der Waals surface area contributed by atoms with Gasteiger partial charge in [0.1, 0.15) is 11.6 Å². The number of anilines is 1. The van der Waals surface area contributed by atoms with E-state index >= 15 is 0 Å². The molecule has 0 aliphatic heterocycles. The van der Waals surface area contributed by atoms with Crippen molar-refractivity contribution in [2.45, 2.75) is 6.42 Å². The summed E-state index contributed by atoms with van der Waals surface area (Å²) in [4.78, 5) is 21.3. The Balaban J connectivity index is 2.35. The Hall–Kier alpha value is -2.14. The summed E-state index contributed by atoms with van der Waals surface area (Å²) in [5, 5.41) is 9.75. The van der Waals surface area contributed by atoms with E-state index in [4.69, 9.17) is 16.7 Å². The maximum atomic E-state index is 11.1. The van der Waals surface area contributed by atoms with Crippen molar-refractivity contribution in [2.75, 3.05) is 19.0 Å². The number of carboxylic acids is 1. The Morgan fingerprint density at radius 2 is 1.90 bits per heavy atom. The molecule has 1 aromatic carbocycles. The maximum absolute atomic E-state index is 11.1. The molecule has 0 saturated heterocycles. The fourth-order valence-corrected chi connectivity index (χ4v) is 1.81. The molecule has 1 N–H and O–H groups in total. The average molecular weight is 292 g/mol. The summed E-state index contributed by atoms with van der Waals surface area (Å²) in [6.45, 7) is 0. The van der Waals surface area contributed by atoms with Gasteiger partial charge in [-0.2, -0.15) is 0 Å². The van der Waals surface area contributed by atoms with E-state index in [-0.39, 0.29) is 5.69 Å². The first-order valence-corrected chi connectivity index (χ1v) is 6.36. The second-order valence-electron chi connectivity index (χ2n) is 4.53. The molecule has 0 radical (unpaired) electrons. The van der Waals surface area contributed by atoms with Crippen LogP contribution in [0.25, 0.3) is 0 Å². The lowest BCUT2D eigenvalue weighted by Crippen LogP contribution is -2.15. The van der Waals surface area contributed by atoms with E-state index in [2.05, 4.69) is 9.97 Å². The second-order valence-corrected chi connectivity index (χ2v) is 4.97. The van der Waals surface area contributed by atoms with Crippen LogP contribution in [0.3, 0.4) is 0 Å². The summed E-state index contributed by atoms with van der Waals surface area (Å²) < 4.78 is 0. The minimum atomic E-state index is -1.06. The highest BCUT2D eigenvalue weighted by Gasteiger charge is 2.12. The normalized spacial score (nSPS) is 10.3. The van der Waals surface area contributed by atoms with E-state index < -0.39 is 5.97 Å². The third-order valence-corrected chi connectivity index (χ3v) is 2.96. The molecule has 0 saturated carbocycles. The Kier molecular flexibility index (Phi) is 4.20. The van der Waals surface area contributed by atoms with Crippen LogP contribution in [0.5, 0.6) is 0 Å². The average Bonchev–Trinajstić information content (AvgIpc) is 2.41. The van der Waals surface area contributed by atoms with E-state index in [1.165, 1.54) is 6.07 Å². The molecule has 0 bridgehead atoms. The van der Waals surface area contributed by atoms with Gasteiger partial charge in [0.15, 0.2) is 5.69 Å². The highest BCUT2D eigenvalue weighted by Crippen LogP contribution is 2.15. The molecular weight excluding hydrogens is 278 g/mol. The first-order valence-electron chi connectivity index (χ1n) is 5.98. The zero-order valence-electron chi connectivity index (χ0n) is 11.2. The lowest BCUT2D eigenvalue weighted by Gasteiger charge is -2.13. The van der Waals surface area contributed by atoms with Crippen LogP contribution in [0, 0.1) is 0 Å². The van der Waals surface area contributed by atoms with Crippen LogP contribution < -0.4 is 4.90 Å². The van der Waals surface area contributed by atoms with E-state index in [0.29, 0.717) is 23.1 Å². The van der Waals surface area contributed by atoms with Crippen LogP contribution in [0.2, 0.25) is 5.02 Å². The fraction of sp³-hybridized carbons (Fsp3) is 0.214. The highest BCUT2D eigenvalue weighted by atomic mass is 35.5. The van der Waals surface area contributed by atoms with Crippen molar-refractivity contribution in [1.82, 2.24) is 9.97 Å². The number of aromatic carboxylic acids is 1. The summed E-state index contributed by atoms with van der Waals surface area (Å²) in [6, 6.07) is 8.76. The summed E-state index contributed by atoms with van der Waals surface area (Å²) in [5.74, 6) is -0.0230. The maximum Gasteiger partial charge on any atom is 0.354 e. The predicted octanol–water partition coefficient (Wildman–Crippen LogP) is 2.49. The summed E-state index contributed by atoms with van der Waals surface area (Å²) >= 11 is 5.83. The monoisotopic (exact) mass is 291 g/mol. The van der Waals surface area contributed by atoms with Crippen molar-refractivity contribution in [1.29, 1.82) is 0 Å². The smallest absolute Gasteiger partial charge is 0.354 e. The largest absolute Gasteiger partial charge is 0.477 e. The molecule has 0 fully saturated rings. The van der Waals surface area contributed by atoms with Gasteiger partial charge in [0.2, 0.25) is 0 Å². The second kappa shape index (κ2) is 5.88. The van der Waals surface area contributed by atoms with E-state index in [0.717, 1.165) is 5.56 Å². The van der Waals surface area contributed by atoms with Gasteiger partial charge in [-0.05, 0) is 17.7 Å². The molecule has 0 atom stereocenters. The molecule has 6 heteroatoms. The van der Waals surface area contributed by atoms with Crippen molar-refractivity contribution < 1.29 is 9.90 Å². The summed E-state index contributed by atoms with van der Waals surface area (Å²) in [6.07, 6.45) is 0.457. The van der Waals surface area contributed by atoms with E-state index in [1.54, 1.807) is 31.1 Å². The van der Waals surface area contributed by atoms with Gasteiger partial charge in [0.05, 0.1) is 0 Å². The molecule has 2 rings (SSSR count). The van der Waals surface area contributed by atoms with Gasteiger partial charge in [0, 0.05) is 31.6 Å². The summed E-state index contributed by atoms with van der Waals surface area (Å²) in [5.41, 5.74) is 0.967. The Morgan fingerprint density at radius 1 is 1.25 bits per heavy atom. The number of halogens is 1. The van der Waals surface area contributed by atoms with Crippen molar-refractivity contribution in [2.24, 2.45) is 0 Å². The zero-order valence-corrected chi connectivity index (χ0v) is 11.9. The lowest BCUT2D eigenvalue weighted by molar-refractivity contribution is 0.0690. The molecule has 0 aliphatic rings.